The van der Waals surface area contributed by atoms with E-state index in [2.05, 4.69) is 4.98 Å². The highest BCUT2D eigenvalue weighted by molar-refractivity contribution is 5.83. The summed E-state index contributed by atoms with van der Waals surface area (Å²) in [5.74, 6) is 0.511. The smallest absolute Gasteiger partial charge is 0.230 e. The molecule has 2 rings (SSSR count). The Kier molecular flexibility index (Phi) is 4.15. The minimum Gasteiger partial charge on any atom is -0.481 e. The number of amides is 1. The van der Waals surface area contributed by atoms with E-state index < -0.39 is 0 Å². The molecular weight excluding hydrogens is 232 g/mol. The van der Waals surface area contributed by atoms with Crippen molar-refractivity contribution in [3.63, 3.8) is 0 Å². The first-order valence-corrected chi connectivity index (χ1v) is 6.09. The molecule has 1 saturated heterocycles. The molecule has 5 heteroatoms. The molecule has 1 unspecified atom stereocenters. The summed E-state index contributed by atoms with van der Waals surface area (Å²) in [5.41, 5.74) is 0.910. The Morgan fingerprint density at radius 2 is 2.17 bits per heavy atom. The molecule has 18 heavy (non-hydrogen) atoms. The second kappa shape index (κ2) is 5.82. The van der Waals surface area contributed by atoms with Crippen molar-refractivity contribution in [3.05, 3.63) is 23.9 Å². The van der Waals surface area contributed by atoms with Gasteiger partial charge in [0.25, 0.3) is 0 Å². The standard InChI is InChI=1S/C13H18N2O3/c1-10(11-3-4-12(17-2)14-9-11)13(16)15-5-7-18-8-6-15/h3-4,9-10H,5-8H2,1-2H3. The highest BCUT2D eigenvalue weighted by atomic mass is 16.5. The summed E-state index contributed by atoms with van der Waals surface area (Å²) in [4.78, 5) is 18.2. The number of carbonyl (C=O) groups excluding carboxylic acids is 1. The topological polar surface area (TPSA) is 51.7 Å². The Labute approximate surface area is 107 Å². The summed E-state index contributed by atoms with van der Waals surface area (Å²) in [7, 11) is 1.57. The Bertz CT molecular complexity index is 399. The number of aromatic nitrogens is 1. The number of methoxy groups -OCH3 is 1. The highest BCUT2D eigenvalue weighted by Crippen LogP contribution is 2.19. The van der Waals surface area contributed by atoms with Crippen molar-refractivity contribution in [1.29, 1.82) is 0 Å². The monoisotopic (exact) mass is 250 g/mol. The van der Waals surface area contributed by atoms with Gasteiger partial charge in [0.2, 0.25) is 11.8 Å². The summed E-state index contributed by atoms with van der Waals surface area (Å²) in [6.07, 6.45) is 1.70. The van der Waals surface area contributed by atoms with E-state index in [4.69, 9.17) is 9.47 Å². The molecule has 0 aliphatic carbocycles. The average Bonchev–Trinajstić information content (AvgIpc) is 2.47. The lowest BCUT2D eigenvalue weighted by atomic mass is 10.0. The third-order valence-corrected chi connectivity index (χ3v) is 3.16. The summed E-state index contributed by atoms with van der Waals surface area (Å²) in [5, 5.41) is 0. The number of hydrogen-bond donors (Lipinski definition) is 0. The van der Waals surface area contributed by atoms with Crippen LogP contribution in [0.5, 0.6) is 5.88 Å². The van der Waals surface area contributed by atoms with Crippen molar-refractivity contribution in [1.82, 2.24) is 9.88 Å². The van der Waals surface area contributed by atoms with Crippen LogP contribution in [0, 0.1) is 0 Å². The fourth-order valence-electron chi connectivity index (χ4n) is 1.97. The third-order valence-electron chi connectivity index (χ3n) is 3.16. The van der Waals surface area contributed by atoms with E-state index in [1.165, 1.54) is 0 Å². The Balaban J connectivity index is 2.04. The van der Waals surface area contributed by atoms with E-state index in [0.717, 1.165) is 5.56 Å². The summed E-state index contributed by atoms with van der Waals surface area (Å²) >= 11 is 0. The maximum Gasteiger partial charge on any atom is 0.230 e. The zero-order valence-electron chi connectivity index (χ0n) is 10.8. The molecule has 1 aliphatic rings. The van der Waals surface area contributed by atoms with E-state index in [0.29, 0.717) is 32.2 Å². The van der Waals surface area contributed by atoms with Crippen LogP contribution in [0.2, 0.25) is 0 Å². The van der Waals surface area contributed by atoms with Crippen LogP contribution in [-0.2, 0) is 9.53 Å². The Hall–Kier alpha value is -1.62. The van der Waals surface area contributed by atoms with Crippen molar-refractivity contribution >= 4 is 5.91 Å². The Morgan fingerprint density at radius 1 is 1.44 bits per heavy atom. The quantitative estimate of drug-likeness (QED) is 0.804. The van der Waals surface area contributed by atoms with Gasteiger partial charge in [0, 0.05) is 25.4 Å². The fourth-order valence-corrected chi connectivity index (χ4v) is 1.97. The second-order valence-corrected chi connectivity index (χ2v) is 4.29. The van der Waals surface area contributed by atoms with Crippen LogP contribution in [0.3, 0.4) is 0 Å². The summed E-state index contributed by atoms with van der Waals surface area (Å²) in [6.45, 7) is 4.50. The number of morpholine rings is 1. The fraction of sp³-hybridized carbons (Fsp3) is 0.538. The molecule has 1 amide bonds. The van der Waals surface area contributed by atoms with Crippen molar-refractivity contribution in [2.24, 2.45) is 0 Å². The van der Waals surface area contributed by atoms with Crippen LogP contribution < -0.4 is 4.74 Å². The molecule has 1 aliphatic heterocycles. The van der Waals surface area contributed by atoms with Crippen molar-refractivity contribution in [2.75, 3.05) is 33.4 Å². The number of carbonyl (C=O) groups is 1. The first-order chi connectivity index (χ1) is 8.72. The van der Waals surface area contributed by atoms with Crippen LogP contribution >= 0.6 is 0 Å². The summed E-state index contributed by atoms with van der Waals surface area (Å²) < 4.78 is 10.2. The zero-order chi connectivity index (χ0) is 13.0. The van der Waals surface area contributed by atoms with Crippen LogP contribution in [0.15, 0.2) is 18.3 Å². The third kappa shape index (κ3) is 2.79. The van der Waals surface area contributed by atoms with Gasteiger partial charge in [0.05, 0.1) is 26.2 Å². The molecule has 2 heterocycles. The van der Waals surface area contributed by atoms with Crippen molar-refractivity contribution < 1.29 is 14.3 Å². The molecule has 1 fully saturated rings. The first-order valence-electron chi connectivity index (χ1n) is 6.09. The minimum atomic E-state index is -0.179. The van der Waals surface area contributed by atoms with Gasteiger partial charge in [-0.15, -0.1) is 0 Å². The molecule has 0 bridgehead atoms. The van der Waals surface area contributed by atoms with Gasteiger partial charge < -0.3 is 14.4 Å². The van der Waals surface area contributed by atoms with E-state index in [1.54, 1.807) is 19.4 Å². The maximum atomic E-state index is 12.3. The molecule has 0 spiro atoms. The summed E-state index contributed by atoms with van der Waals surface area (Å²) in [6, 6.07) is 3.66. The Morgan fingerprint density at radius 3 is 2.72 bits per heavy atom. The number of pyridine rings is 1. The number of nitrogens with zero attached hydrogens (tertiary/aromatic N) is 2. The van der Waals surface area contributed by atoms with Crippen molar-refractivity contribution in [2.45, 2.75) is 12.8 Å². The van der Waals surface area contributed by atoms with Gasteiger partial charge in [0.15, 0.2) is 0 Å². The van der Waals surface area contributed by atoms with E-state index >= 15 is 0 Å². The molecule has 1 atom stereocenters. The van der Waals surface area contributed by atoms with E-state index in [9.17, 15) is 4.79 Å². The van der Waals surface area contributed by atoms with Gasteiger partial charge in [-0.3, -0.25) is 4.79 Å². The van der Waals surface area contributed by atoms with Gasteiger partial charge in [-0.25, -0.2) is 4.98 Å². The SMILES string of the molecule is COc1ccc(C(C)C(=O)N2CCOCC2)cn1. The molecule has 0 aromatic carbocycles. The van der Waals surface area contributed by atoms with Gasteiger partial charge >= 0.3 is 0 Å². The lowest BCUT2D eigenvalue weighted by Gasteiger charge is -2.29. The molecule has 1 aromatic rings. The predicted octanol–water partition coefficient (Wildman–Crippen LogP) is 1.05. The lowest BCUT2D eigenvalue weighted by Crippen LogP contribution is -2.42. The number of hydrogen-bond acceptors (Lipinski definition) is 4. The lowest BCUT2D eigenvalue weighted by molar-refractivity contribution is -0.136. The molecule has 1 aromatic heterocycles. The van der Waals surface area contributed by atoms with Crippen LogP contribution in [-0.4, -0.2) is 49.2 Å². The van der Waals surface area contributed by atoms with Crippen LogP contribution in [0.25, 0.3) is 0 Å². The van der Waals surface area contributed by atoms with Gasteiger partial charge in [0.1, 0.15) is 0 Å². The molecule has 0 N–H and O–H groups in total. The average molecular weight is 250 g/mol. The van der Waals surface area contributed by atoms with E-state index in [1.807, 2.05) is 17.9 Å². The van der Waals surface area contributed by atoms with Gasteiger partial charge in [-0.05, 0) is 12.5 Å². The highest BCUT2D eigenvalue weighted by Gasteiger charge is 2.23. The zero-order valence-corrected chi connectivity index (χ0v) is 10.8. The van der Waals surface area contributed by atoms with E-state index in [-0.39, 0.29) is 11.8 Å². The molecule has 0 saturated carbocycles. The van der Waals surface area contributed by atoms with Gasteiger partial charge in [-0.1, -0.05) is 6.07 Å². The minimum absolute atomic E-state index is 0.130. The second-order valence-electron chi connectivity index (χ2n) is 4.29. The van der Waals surface area contributed by atoms with Gasteiger partial charge in [-0.2, -0.15) is 0 Å². The number of ether oxygens (including phenoxy) is 2. The van der Waals surface area contributed by atoms with Crippen LogP contribution in [0.4, 0.5) is 0 Å². The largest absolute Gasteiger partial charge is 0.481 e. The number of rotatable bonds is 3. The maximum absolute atomic E-state index is 12.3. The molecular formula is C13H18N2O3. The first kappa shape index (κ1) is 12.8. The normalized spacial score (nSPS) is 17.3. The predicted molar refractivity (Wildman–Crippen MR) is 66.6 cm³/mol. The molecule has 0 radical (unpaired) electrons. The van der Waals surface area contributed by atoms with Crippen molar-refractivity contribution in [3.8, 4) is 5.88 Å². The van der Waals surface area contributed by atoms with Crippen LogP contribution in [0.1, 0.15) is 18.4 Å². The molecule has 98 valence electrons. The molecule has 5 nitrogen and oxygen atoms in total.